The molecule has 0 saturated carbocycles. The molecule has 4 rings (SSSR count). The summed E-state index contributed by atoms with van der Waals surface area (Å²) in [4.78, 5) is 13.0. The Morgan fingerprint density at radius 1 is 0.870 bits per heavy atom. The highest BCUT2D eigenvalue weighted by Gasteiger charge is 2.37. The first-order chi connectivity index (χ1) is 11.0. The largest absolute Gasteiger partial charge is 0.288 e. The van der Waals surface area contributed by atoms with E-state index in [9.17, 15) is 4.79 Å². The monoisotopic (exact) mass is 302 g/mol. The van der Waals surface area contributed by atoms with Gasteiger partial charge in [0.25, 0.3) is 0 Å². The predicted octanol–water partition coefficient (Wildman–Crippen LogP) is 4.52. The Kier molecular flexibility index (Phi) is 2.82. The Bertz CT molecular complexity index is 915. The molecule has 1 aliphatic rings. The summed E-state index contributed by atoms with van der Waals surface area (Å²) in [6.45, 7) is 6.33. The molecule has 0 amide bonds. The van der Waals surface area contributed by atoms with Gasteiger partial charge >= 0.3 is 0 Å². The van der Waals surface area contributed by atoms with E-state index in [-0.39, 0.29) is 11.3 Å². The third kappa shape index (κ3) is 1.96. The smallest absolute Gasteiger partial charge is 0.198 e. The van der Waals surface area contributed by atoms with Crippen LogP contribution in [0.4, 0.5) is 0 Å². The molecule has 114 valence electrons. The highest BCUT2D eigenvalue weighted by Crippen LogP contribution is 2.43. The summed E-state index contributed by atoms with van der Waals surface area (Å²) in [6, 6.07) is 17.7. The highest BCUT2D eigenvalue weighted by molar-refractivity contribution is 6.23. The summed E-state index contributed by atoms with van der Waals surface area (Å²) in [5.41, 5.74) is 4.98. The van der Waals surface area contributed by atoms with Crippen LogP contribution < -0.4 is 0 Å². The molecule has 0 aliphatic heterocycles. The lowest BCUT2D eigenvalue weighted by molar-refractivity contribution is 0.104. The van der Waals surface area contributed by atoms with E-state index in [4.69, 9.17) is 5.10 Å². The van der Waals surface area contributed by atoms with Crippen molar-refractivity contribution < 1.29 is 4.79 Å². The summed E-state index contributed by atoms with van der Waals surface area (Å²) < 4.78 is 1.99. The minimum absolute atomic E-state index is 0.0740. The van der Waals surface area contributed by atoms with Gasteiger partial charge in [0.1, 0.15) is 5.69 Å². The van der Waals surface area contributed by atoms with Gasteiger partial charge in [-0.15, -0.1) is 0 Å². The van der Waals surface area contributed by atoms with Crippen LogP contribution in [0.3, 0.4) is 0 Å². The molecule has 2 aromatic carbocycles. The zero-order valence-electron chi connectivity index (χ0n) is 13.5. The SMILES string of the molecule is CC(C)(C)n1nc(-c2ccccc2)c2c1-c1ccccc1C2=O. The van der Waals surface area contributed by atoms with E-state index in [1.54, 1.807) is 0 Å². The van der Waals surface area contributed by atoms with E-state index in [2.05, 4.69) is 20.8 Å². The molecule has 23 heavy (non-hydrogen) atoms. The van der Waals surface area contributed by atoms with Crippen molar-refractivity contribution in [1.82, 2.24) is 9.78 Å². The van der Waals surface area contributed by atoms with Crippen LogP contribution in [0.15, 0.2) is 54.6 Å². The fraction of sp³-hybridized carbons (Fsp3) is 0.200. The normalized spacial score (nSPS) is 13.1. The fourth-order valence-electron chi connectivity index (χ4n) is 3.19. The Balaban J connectivity index is 2.08. The number of benzene rings is 2. The van der Waals surface area contributed by atoms with E-state index in [1.165, 1.54) is 0 Å². The lowest BCUT2D eigenvalue weighted by atomic mass is 10.0. The molecule has 1 aliphatic carbocycles. The summed E-state index contributed by atoms with van der Waals surface area (Å²) in [7, 11) is 0. The molecule has 0 bridgehead atoms. The zero-order chi connectivity index (χ0) is 16.2. The Labute approximate surface area is 135 Å². The average molecular weight is 302 g/mol. The number of rotatable bonds is 1. The van der Waals surface area contributed by atoms with Crippen LogP contribution in [0.25, 0.3) is 22.5 Å². The maximum absolute atomic E-state index is 13.0. The zero-order valence-corrected chi connectivity index (χ0v) is 13.5. The molecule has 0 atom stereocenters. The van der Waals surface area contributed by atoms with E-state index >= 15 is 0 Å². The second-order valence-electron chi connectivity index (χ2n) is 6.90. The molecule has 0 radical (unpaired) electrons. The number of ketones is 1. The molecular formula is C20H18N2O. The minimum atomic E-state index is -0.200. The summed E-state index contributed by atoms with van der Waals surface area (Å²) in [5, 5.41) is 4.82. The van der Waals surface area contributed by atoms with Crippen LogP contribution in [-0.4, -0.2) is 15.6 Å². The number of hydrogen-bond acceptors (Lipinski definition) is 2. The molecule has 3 heteroatoms. The minimum Gasteiger partial charge on any atom is -0.288 e. The van der Waals surface area contributed by atoms with Crippen molar-refractivity contribution in [2.75, 3.05) is 0 Å². The lowest BCUT2D eigenvalue weighted by Gasteiger charge is -2.22. The van der Waals surface area contributed by atoms with Gasteiger partial charge in [-0.1, -0.05) is 54.6 Å². The number of fused-ring (bicyclic) bond motifs is 3. The van der Waals surface area contributed by atoms with Crippen molar-refractivity contribution in [3.8, 4) is 22.5 Å². The lowest BCUT2D eigenvalue weighted by Crippen LogP contribution is -2.24. The number of hydrogen-bond donors (Lipinski definition) is 0. The van der Waals surface area contributed by atoms with Gasteiger partial charge in [-0.2, -0.15) is 5.10 Å². The predicted molar refractivity (Wildman–Crippen MR) is 91.5 cm³/mol. The molecule has 0 spiro atoms. The van der Waals surface area contributed by atoms with Gasteiger partial charge in [0.05, 0.1) is 16.8 Å². The van der Waals surface area contributed by atoms with Crippen LogP contribution in [0.2, 0.25) is 0 Å². The van der Waals surface area contributed by atoms with Gasteiger partial charge in [-0.05, 0) is 20.8 Å². The second-order valence-corrected chi connectivity index (χ2v) is 6.90. The van der Waals surface area contributed by atoms with Gasteiger partial charge in [-0.25, -0.2) is 0 Å². The second kappa shape index (κ2) is 4.66. The van der Waals surface area contributed by atoms with E-state index in [1.807, 2.05) is 59.3 Å². The van der Waals surface area contributed by atoms with Gasteiger partial charge in [0, 0.05) is 16.7 Å². The third-order valence-corrected chi connectivity index (χ3v) is 4.22. The van der Waals surface area contributed by atoms with Crippen LogP contribution in [-0.2, 0) is 5.54 Å². The van der Waals surface area contributed by atoms with Crippen LogP contribution >= 0.6 is 0 Å². The quantitative estimate of drug-likeness (QED) is 0.518. The molecule has 3 aromatic rings. The molecule has 1 heterocycles. The van der Waals surface area contributed by atoms with Crippen molar-refractivity contribution in [3.63, 3.8) is 0 Å². The first-order valence-corrected chi connectivity index (χ1v) is 7.81. The Hall–Kier alpha value is -2.68. The van der Waals surface area contributed by atoms with Gasteiger partial charge in [-0.3, -0.25) is 9.48 Å². The maximum Gasteiger partial charge on any atom is 0.198 e. The standard InChI is InChI=1S/C20H18N2O/c1-20(2,3)22-18-14-11-7-8-12-15(14)19(23)16(18)17(21-22)13-9-5-4-6-10-13/h4-12H,1-3H3. The van der Waals surface area contributed by atoms with Gasteiger partial charge in [0.15, 0.2) is 5.78 Å². The van der Waals surface area contributed by atoms with Crippen LogP contribution in [0.1, 0.15) is 36.7 Å². The van der Waals surface area contributed by atoms with Crippen molar-refractivity contribution >= 4 is 5.78 Å². The number of carbonyl (C=O) groups excluding carboxylic acids is 1. The molecule has 0 fully saturated rings. The highest BCUT2D eigenvalue weighted by atomic mass is 16.1. The summed E-state index contributed by atoms with van der Waals surface area (Å²) in [5.74, 6) is 0.0740. The Morgan fingerprint density at radius 3 is 2.13 bits per heavy atom. The molecule has 1 aromatic heterocycles. The van der Waals surface area contributed by atoms with Crippen molar-refractivity contribution in [1.29, 1.82) is 0 Å². The Morgan fingerprint density at radius 2 is 1.48 bits per heavy atom. The summed E-state index contributed by atoms with van der Waals surface area (Å²) >= 11 is 0. The third-order valence-electron chi connectivity index (χ3n) is 4.22. The van der Waals surface area contributed by atoms with Crippen molar-refractivity contribution in [2.45, 2.75) is 26.3 Å². The number of aromatic nitrogens is 2. The van der Waals surface area contributed by atoms with Gasteiger partial charge < -0.3 is 0 Å². The topological polar surface area (TPSA) is 34.9 Å². The first kappa shape index (κ1) is 13.9. The number of carbonyl (C=O) groups is 1. The fourth-order valence-corrected chi connectivity index (χ4v) is 3.19. The van der Waals surface area contributed by atoms with Crippen molar-refractivity contribution in [2.24, 2.45) is 0 Å². The molecule has 0 N–H and O–H groups in total. The van der Waals surface area contributed by atoms with E-state index in [0.717, 1.165) is 33.6 Å². The number of nitrogens with zero attached hydrogens (tertiary/aromatic N) is 2. The molecular weight excluding hydrogens is 284 g/mol. The molecule has 0 saturated heterocycles. The van der Waals surface area contributed by atoms with Crippen LogP contribution in [0, 0.1) is 0 Å². The van der Waals surface area contributed by atoms with Gasteiger partial charge in [0.2, 0.25) is 0 Å². The van der Waals surface area contributed by atoms with Crippen LogP contribution in [0.5, 0.6) is 0 Å². The molecule has 0 unspecified atom stereocenters. The summed E-state index contributed by atoms with van der Waals surface area (Å²) in [6.07, 6.45) is 0. The maximum atomic E-state index is 13.0. The van der Waals surface area contributed by atoms with E-state index < -0.39 is 0 Å². The van der Waals surface area contributed by atoms with E-state index in [0.29, 0.717) is 0 Å². The average Bonchev–Trinajstić information content (AvgIpc) is 3.06. The van der Waals surface area contributed by atoms with Crippen molar-refractivity contribution in [3.05, 3.63) is 65.7 Å². The molecule has 3 nitrogen and oxygen atoms in total. The first-order valence-electron chi connectivity index (χ1n) is 7.81.